The van der Waals surface area contributed by atoms with Gasteiger partial charge in [-0.3, -0.25) is 10.3 Å². The molecular weight excluding hydrogens is 232 g/mol. The van der Waals surface area contributed by atoms with Crippen LogP contribution >= 0.6 is 0 Å². The predicted molar refractivity (Wildman–Crippen MR) is 67.7 cm³/mol. The number of hydrogen-bond donors (Lipinski definition) is 3. The van der Waals surface area contributed by atoms with Crippen molar-refractivity contribution in [2.24, 2.45) is 4.99 Å². The van der Waals surface area contributed by atoms with Gasteiger partial charge in [0.2, 0.25) is 5.96 Å². The van der Waals surface area contributed by atoms with Crippen LogP contribution in [0.4, 0.5) is 0 Å². The Morgan fingerprint density at radius 3 is 3.00 bits per heavy atom. The third kappa shape index (κ3) is 4.84. The van der Waals surface area contributed by atoms with E-state index in [2.05, 4.69) is 25.9 Å². The molecule has 0 radical (unpaired) electrons. The van der Waals surface area contributed by atoms with Crippen LogP contribution in [0.1, 0.15) is 17.9 Å². The molecule has 18 heavy (non-hydrogen) atoms. The van der Waals surface area contributed by atoms with Crippen LogP contribution < -0.4 is 16.0 Å². The van der Waals surface area contributed by atoms with E-state index in [4.69, 9.17) is 9.68 Å². The van der Waals surface area contributed by atoms with Crippen molar-refractivity contribution in [1.82, 2.24) is 20.9 Å². The molecule has 7 heteroatoms. The maximum absolute atomic E-state index is 8.43. The monoisotopic (exact) mass is 250 g/mol. The van der Waals surface area contributed by atoms with E-state index in [0.29, 0.717) is 12.5 Å². The van der Waals surface area contributed by atoms with Crippen molar-refractivity contribution in [1.29, 1.82) is 5.26 Å². The van der Waals surface area contributed by atoms with E-state index < -0.39 is 0 Å². The van der Waals surface area contributed by atoms with Gasteiger partial charge in [-0.15, -0.1) is 0 Å². The smallest absolute Gasteiger partial charge is 0.204 e. The van der Waals surface area contributed by atoms with Gasteiger partial charge in [0.05, 0.1) is 12.2 Å². The van der Waals surface area contributed by atoms with Crippen LogP contribution in [0.3, 0.4) is 0 Å². The average molecular weight is 250 g/mol. The second-order valence-electron chi connectivity index (χ2n) is 3.63. The third-order valence-electron chi connectivity index (χ3n) is 2.35. The Bertz CT molecular complexity index is 419. The Hall–Kier alpha value is -2.07. The summed E-state index contributed by atoms with van der Waals surface area (Å²) in [5.41, 5.74) is 0.916. The van der Waals surface area contributed by atoms with Gasteiger partial charge >= 0.3 is 0 Å². The number of aliphatic imine (C=N–C) groups is 1. The summed E-state index contributed by atoms with van der Waals surface area (Å²) in [6, 6.07) is 0. The highest BCUT2D eigenvalue weighted by Gasteiger charge is 2.01. The van der Waals surface area contributed by atoms with Crippen molar-refractivity contribution < 1.29 is 4.42 Å². The topological polar surface area (TPSA) is 98.3 Å². The zero-order chi connectivity index (χ0) is 13.2. The zero-order valence-corrected chi connectivity index (χ0v) is 10.7. The number of aryl methyl sites for hydroxylation is 1. The van der Waals surface area contributed by atoms with Crippen LogP contribution in [0.15, 0.2) is 15.8 Å². The highest BCUT2D eigenvalue weighted by Crippen LogP contribution is 2.03. The lowest BCUT2D eigenvalue weighted by molar-refractivity contribution is 0.475. The number of aromatic nitrogens is 1. The number of nitrogens with zero attached hydrogens (tertiary/aromatic N) is 3. The lowest BCUT2D eigenvalue weighted by atomic mass is 10.3. The van der Waals surface area contributed by atoms with Gasteiger partial charge in [0, 0.05) is 13.6 Å². The fraction of sp³-hybridized carbons (Fsp3) is 0.545. The first-order chi connectivity index (χ1) is 8.77. The minimum atomic E-state index is 0.489. The van der Waals surface area contributed by atoms with E-state index in [1.807, 2.05) is 13.1 Å². The van der Waals surface area contributed by atoms with Crippen LogP contribution in [0.5, 0.6) is 0 Å². The van der Waals surface area contributed by atoms with Gasteiger partial charge in [0.1, 0.15) is 5.76 Å². The van der Waals surface area contributed by atoms with Gasteiger partial charge in [-0.2, -0.15) is 5.26 Å². The number of rotatable bonds is 6. The first-order valence-electron chi connectivity index (χ1n) is 5.73. The van der Waals surface area contributed by atoms with Crippen LogP contribution in [-0.2, 0) is 6.54 Å². The standard InChI is InChI=1S/C11H18N6O/c1-9-10(18-8-17-9)6-14-4-3-5-15-11(13-2)16-7-12/h8,14H,3-6H2,1-2H3,(H2,13,15,16). The molecule has 0 aromatic carbocycles. The minimum Gasteiger partial charge on any atom is -0.447 e. The first-order valence-corrected chi connectivity index (χ1v) is 5.73. The third-order valence-corrected chi connectivity index (χ3v) is 2.35. The molecular formula is C11H18N6O. The number of hydrogen-bond acceptors (Lipinski definition) is 5. The number of guanidine groups is 1. The van der Waals surface area contributed by atoms with Gasteiger partial charge < -0.3 is 15.1 Å². The molecule has 1 aromatic rings. The molecule has 0 aliphatic rings. The Kier molecular flexibility index (Phi) is 6.28. The molecule has 0 unspecified atom stereocenters. The molecule has 0 fully saturated rings. The van der Waals surface area contributed by atoms with Crippen molar-refractivity contribution in [2.45, 2.75) is 19.9 Å². The Labute approximate surface area is 106 Å². The molecule has 0 bridgehead atoms. The Balaban J connectivity index is 2.06. The highest BCUT2D eigenvalue weighted by molar-refractivity contribution is 5.80. The molecule has 1 rings (SSSR count). The zero-order valence-electron chi connectivity index (χ0n) is 10.7. The van der Waals surface area contributed by atoms with Crippen molar-refractivity contribution >= 4 is 5.96 Å². The van der Waals surface area contributed by atoms with Crippen molar-refractivity contribution in [2.75, 3.05) is 20.1 Å². The summed E-state index contributed by atoms with van der Waals surface area (Å²) in [7, 11) is 1.62. The number of nitriles is 1. The SMILES string of the molecule is CN=C(NC#N)NCCCNCc1ocnc1C. The Morgan fingerprint density at radius 2 is 2.39 bits per heavy atom. The summed E-state index contributed by atoms with van der Waals surface area (Å²) in [5, 5.41) is 17.2. The molecule has 3 N–H and O–H groups in total. The largest absolute Gasteiger partial charge is 0.447 e. The van der Waals surface area contributed by atoms with Crippen LogP contribution in [0.25, 0.3) is 0 Å². The van der Waals surface area contributed by atoms with Crippen LogP contribution in [0, 0.1) is 18.4 Å². The molecule has 0 aliphatic carbocycles. The molecule has 0 saturated carbocycles. The molecule has 0 atom stereocenters. The highest BCUT2D eigenvalue weighted by atomic mass is 16.3. The predicted octanol–water partition coefficient (Wildman–Crippen LogP) is 0.109. The van der Waals surface area contributed by atoms with Gasteiger partial charge in [0.25, 0.3) is 0 Å². The molecule has 1 aromatic heterocycles. The lowest BCUT2D eigenvalue weighted by Crippen LogP contribution is -2.35. The van der Waals surface area contributed by atoms with E-state index >= 15 is 0 Å². The van der Waals surface area contributed by atoms with E-state index in [9.17, 15) is 0 Å². The lowest BCUT2D eigenvalue weighted by Gasteiger charge is -2.07. The molecule has 0 saturated heterocycles. The summed E-state index contributed by atoms with van der Waals surface area (Å²) in [6.07, 6.45) is 4.18. The Morgan fingerprint density at radius 1 is 1.56 bits per heavy atom. The second kappa shape index (κ2) is 8.08. The molecule has 98 valence electrons. The summed E-state index contributed by atoms with van der Waals surface area (Å²) in [4.78, 5) is 7.89. The maximum Gasteiger partial charge on any atom is 0.204 e. The number of nitrogens with one attached hydrogen (secondary N) is 3. The van der Waals surface area contributed by atoms with Crippen LogP contribution in [0.2, 0.25) is 0 Å². The van der Waals surface area contributed by atoms with Crippen molar-refractivity contribution in [3.63, 3.8) is 0 Å². The van der Waals surface area contributed by atoms with Crippen LogP contribution in [-0.4, -0.2) is 31.1 Å². The number of oxazole rings is 1. The van der Waals surface area contributed by atoms with E-state index in [1.165, 1.54) is 6.39 Å². The quantitative estimate of drug-likeness (QED) is 0.218. The molecule has 0 aliphatic heterocycles. The fourth-order valence-electron chi connectivity index (χ4n) is 1.35. The summed E-state index contributed by atoms with van der Waals surface area (Å²) in [5.74, 6) is 1.36. The summed E-state index contributed by atoms with van der Waals surface area (Å²) >= 11 is 0. The molecule has 0 amide bonds. The minimum absolute atomic E-state index is 0.489. The molecule has 0 spiro atoms. The van der Waals surface area contributed by atoms with Gasteiger partial charge in [0.15, 0.2) is 12.6 Å². The normalized spacial score (nSPS) is 11.1. The van der Waals surface area contributed by atoms with Gasteiger partial charge in [-0.1, -0.05) is 0 Å². The molecule has 1 heterocycles. The van der Waals surface area contributed by atoms with Crippen molar-refractivity contribution in [3.8, 4) is 6.19 Å². The van der Waals surface area contributed by atoms with E-state index in [0.717, 1.165) is 31.0 Å². The van der Waals surface area contributed by atoms with E-state index in [-0.39, 0.29) is 0 Å². The van der Waals surface area contributed by atoms with E-state index in [1.54, 1.807) is 7.05 Å². The van der Waals surface area contributed by atoms with Crippen molar-refractivity contribution in [3.05, 3.63) is 17.8 Å². The first kappa shape index (κ1) is 14.0. The van der Waals surface area contributed by atoms with Gasteiger partial charge in [-0.25, -0.2) is 4.98 Å². The summed E-state index contributed by atoms with van der Waals surface area (Å²) < 4.78 is 5.20. The van der Waals surface area contributed by atoms with Gasteiger partial charge in [-0.05, 0) is 19.9 Å². The fourth-order valence-corrected chi connectivity index (χ4v) is 1.35. The maximum atomic E-state index is 8.43. The average Bonchev–Trinajstić information content (AvgIpc) is 2.78. The second-order valence-corrected chi connectivity index (χ2v) is 3.63. The summed E-state index contributed by atoms with van der Waals surface area (Å²) in [6.45, 7) is 4.18. The molecule has 7 nitrogen and oxygen atoms in total.